The van der Waals surface area contributed by atoms with Gasteiger partial charge >= 0.3 is 5.97 Å². The van der Waals surface area contributed by atoms with Crippen molar-refractivity contribution >= 4 is 5.97 Å². The number of rotatable bonds is 40. The molecule has 0 spiro atoms. The van der Waals surface area contributed by atoms with Gasteiger partial charge in [0.2, 0.25) is 0 Å². The molecule has 1 saturated heterocycles. The van der Waals surface area contributed by atoms with Crippen molar-refractivity contribution in [2.75, 3.05) is 26.4 Å². The normalized spacial score (nSPS) is 20.7. The van der Waals surface area contributed by atoms with Gasteiger partial charge < -0.3 is 39.4 Å². The van der Waals surface area contributed by atoms with Gasteiger partial charge in [0.05, 0.1) is 19.8 Å². The van der Waals surface area contributed by atoms with Crippen molar-refractivity contribution in [2.45, 2.75) is 218 Å². The first kappa shape index (κ1) is 55.6. The van der Waals surface area contributed by atoms with Gasteiger partial charge in [0.25, 0.3) is 0 Å². The summed E-state index contributed by atoms with van der Waals surface area (Å²) in [5.74, 6) is -0.356. The van der Waals surface area contributed by atoms with Crippen LogP contribution in [0.15, 0.2) is 72.9 Å². The van der Waals surface area contributed by atoms with Gasteiger partial charge in [0, 0.05) is 13.0 Å². The number of unbranched alkanes of at least 4 members (excludes halogenated alkanes) is 17. The Labute approximate surface area is 366 Å². The first-order chi connectivity index (χ1) is 29.4. The first-order valence-electron chi connectivity index (χ1n) is 24.0. The van der Waals surface area contributed by atoms with Crippen LogP contribution >= 0.6 is 0 Å². The summed E-state index contributed by atoms with van der Waals surface area (Å²) in [4.78, 5) is 12.8. The summed E-state index contributed by atoms with van der Waals surface area (Å²) >= 11 is 0. The van der Waals surface area contributed by atoms with Crippen LogP contribution in [0.3, 0.4) is 0 Å². The Morgan fingerprint density at radius 2 is 1.02 bits per heavy atom. The Balaban J connectivity index is 2.25. The number of carbonyl (C=O) groups is 1. The molecule has 6 atom stereocenters. The Bertz CT molecular complexity index is 1140. The summed E-state index contributed by atoms with van der Waals surface area (Å²) in [5.41, 5.74) is 0. The van der Waals surface area contributed by atoms with E-state index < -0.39 is 43.4 Å². The van der Waals surface area contributed by atoms with Crippen molar-refractivity contribution in [2.24, 2.45) is 0 Å². The van der Waals surface area contributed by atoms with Crippen molar-refractivity contribution < 1.29 is 44.2 Å². The fraction of sp³-hybridized carbons (Fsp3) is 0.745. The van der Waals surface area contributed by atoms with Gasteiger partial charge in [-0.05, 0) is 83.5 Å². The minimum absolute atomic E-state index is 0.122. The molecule has 346 valence electrons. The molecule has 0 aromatic carbocycles. The van der Waals surface area contributed by atoms with E-state index in [1.807, 2.05) is 0 Å². The topological polar surface area (TPSA) is 135 Å². The van der Waals surface area contributed by atoms with Crippen LogP contribution in [-0.2, 0) is 23.7 Å². The molecule has 1 rings (SSSR count). The van der Waals surface area contributed by atoms with Crippen molar-refractivity contribution in [3.8, 4) is 0 Å². The Kier molecular flexibility index (Phi) is 38.9. The molecule has 0 bridgehead atoms. The fourth-order valence-electron chi connectivity index (χ4n) is 6.87. The number of carbonyl (C=O) groups excluding carboxylic acids is 1. The Morgan fingerprint density at radius 3 is 1.53 bits per heavy atom. The summed E-state index contributed by atoms with van der Waals surface area (Å²) < 4.78 is 22.8. The fourth-order valence-corrected chi connectivity index (χ4v) is 6.87. The van der Waals surface area contributed by atoms with E-state index in [9.17, 15) is 25.2 Å². The maximum Gasteiger partial charge on any atom is 0.306 e. The van der Waals surface area contributed by atoms with Crippen LogP contribution < -0.4 is 0 Å². The number of aliphatic hydroxyl groups is 4. The molecule has 6 unspecified atom stereocenters. The maximum absolute atomic E-state index is 12.8. The summed E-state index contributed by atoms with van der Waals surface area (Å²) in [5, 5.41) is 40.2. The SMILES string of the molecule is CC/C=C\C/C=C\C/C=C\C/C=C\CCCCC(=O)OC(COCCCCCCCCCCCC/C=C\C/C=C\CCCCCCC)COC1OC(CO)C(O)C(O)C1O. The summed E-state index contributed by atoms with van der Waals surface area (Å²) in [6.45, 7) is 4.37. The molecule has 0 aliphatic carbocycles. The van der Waals surface area contributed by atoms with Crippen LogP contribution in [0.5, 0.6) is 0 Å². The predicted molar refractivity (Wildman–Crippen MR) is 247 cm³/mol. The summed E-state index contributed by atoms with van der Waals surface area (Å²) in [6.07, 6.45) is 47.9. The van der Waals surface area contributed by atoms with E-state index in [0.29, 0.717) is 13.0 Å². The second-order valence-electron chi connectivity index (χ2n) is 16.2. The molecule has 0 amide bonds. The lowest BCUT2D eigenvalue weighted by atomic mass is 9.99. The molecule has 1 aliphatic rings. The average molecular weight is 845 g/mol. The number of esters is 1. The van der Waals surface area contributed by atoms with Crippen molar-refractivity contribution in [3.05, 3.63) is 72.9 Å². The molecular formula is C51H88O9. The zero-order chi connectivity index (χ0) is 43.6. The second-order valence-corrected chi connectivity index (χ2v) is 16.2. The maximum atomic E-state index is 12.8. The van der Waals surface area contributed by atoms with E-state index in [1.54, 1.807) is 0 Å². The van der Waals surface area contributed by atoms with Crippen molar-refractivity contribution in [1.29, 1.82) is 0 Å². The number of hydrogen-bond donors (Lipinski definition) is 4. The van der Waals surface area contributed by atoms with E-state index in [0.717, 1.165) is 57.8 Å². The monoisotopic (exact) mass is 845 g/mol. The smallest absolute Gasteiger partial charge is 0.306 e. The number of hydrogen-bond acceptors (Lipinski definition) is 9. The van der Waals surface area contributed by atoms with Crippen LogP contribution in [0.1, 0.15) is 181 Å². The minimum atomic E-state index is -1.55. The second kappa shape index (κ2) is 42.0. The van der Waals surface area contributed by atoms with Crippen LogP contribution in [0.4, 0.5) is 0 Å². The largest absolute Gasteiger partial charge is 0.457 e. The third-order valence-electron chi connectivity index (χ3n) is 10.6. The molecule has 0 aromatic rings. The number of aliphatic hydroxyl groups excluding tert-OH is 4. The number of allylic oxidation sites excluding steroid dienone is 12. The Hall–Kier alpha value is -2.37. The molecule has 0 aromatic heterocycles. The molecule has 1 aliphatic heterocycles. The highest BCUT2D eigenvalue weighted by Crippen LogP contribution is 2.22. The summed E-state index contributed by atoms with van der Waals surface area (Å²) in [6, 6.07) is 0. The molecular weight excluding hydrogens is 757 g/mol. The number of ether oxygens (including phenoxy) is 4. The van der Waals surface area contributed by atoms with Gasteiger partial charge in [-0.3, -0.25) is 4.79 Å². The first-order valence-corrected chi connectivity index (χ1v) is 24.0. The van der Waals surface area contributed by atoms with Gasteiger partial charge in [0.15, 0.2) is 6.29 Å². The highest BCUT2D eigenvalue weighted by molar-refractivity contribution is 5.69. The molecule has 60 heavy (non-hydrogen) atoms. The van der Waals surface area contributed by atoms with Gasteiger partial charge in [-0.2, -0.15) is 0 Å². The molecule has 1 fully saturated rings. The molecule has 4 N–H and O–H groups in total. The van der Waals surface area contributed by atoms with E-state index in [2.05, 4.69) is 86.8 Å². The van der Waals surface area contributed by atoms with E-state index >= 15 is 0 Å². The lowest BCUT2D eigenvalue weighted by Crippen LogP contribution is -2.59. The minimum Gasteiger partial charge on any atom is -0.457 e. The highest BCUT2D eigenvalue weighted by Gasteiger charge is 2.44. The third kappa shape index (κ3) is 32.4. The quantitative estimate of drug-likeness (QED) is 0.0270. The van der Waals surface area contributed by atoms with Crippen LogP contribution in [-0.4, -0.2) is 89.6 Å². The summed E-state index contributed by atoms with van der Waals surface area (Å²) in [7, 11) is 0. The third-order valence-corrected chi connectivity index (χ3v) is 10.6. The van der Waals surface area contributed by atoms with E-state index in [-0.39, 0.29) is 25.6 Å². The molecule has 0 radical (unpaired) electrons. The van der Waals surface area contributed by atoms with E-state index in [1.165, 1.54) is 96.3 Å². The lowest BCUT2D eigenvalue weighted by molar-refractivity contribution is -0.305. The van der Waals surface area contributed by atoms with Gasteiger partial charge in [-0.15, -0.1) is 0 Å². The average Bonchev–Trinajstić information content (AvgIpc) is 3.25. The standard InChI is InChI=1S/C51H88O9/c1-3-5-7-9-11-13-15-17-19-20-21-22-23-24-25-27-29-31-33-35-37-39-41-57-43-45(44-58-51-50(56)49(55)48(54)46(42-52)60-51)59-47(53)40-38-36-34-32-30-28-26-18-16-14-12-10-8-6-4-2/h6,8,12,14-15,17-18,20-21,26,30,32,45-46,48-52,54-56H,3-5,7,9-11,13,16,19,22-25,27-29,31,33-44H2,1-2H3/b8-6-,14-12-,17-15-,21-20-,26-18-,32-30-. The van der Waals surface area contributed by atoms with Crippen molar-refractivity contribution in [1.82, 2.24) is 0 Å². The molecule has 0 saturated carbocycles. The molecule has 9 heteroatoms. The van der Waals surface area contributed by atoms with Gasteiger partial charge in [0.1, 0.15) is 30.5 Å². The molecule has 1 heterocycles. The molecule has 9 nitrogen and oxygen atoms in total. The van der Waals surface area contributed by atoms with Crippen LogP contribution in [0.2, 0.25) is 0 Å². The zero-order valence-electron chi connectivity index (χ0n) is 37.9. The van der Waals surface area contributed by atoms with Gasteiger partial charge in [-0.1, -0.05) is 164 Å². The van der Waals surface area contributed by atoms with E-state index in [4.69, 9.17) is 18.9 Å². The zero-order valence-corrected chi connectivity index (χ0v) is 37.9. The van der Waals surface area contributed by atoms with Crippen LogP contribution in [0, 0.1) is 0 Å². The van der Waals surface area contributed by atoms with Crippen molar-refractivity contribution in [3.63, 3.8) is 0 Å². The van der Waals surface area contributed by atoms with Crippen LogP contribution in [0.25, 0.3) is 0 Å². The predicted octanol–water partition coefficient (Wildman–Crippen LogP) is 11.3. The lowest BCUT2D eigenvalue weighted by Gasteiger charge is -2.39. The van der Waals surface area contributed by atoms with Gasteiger partial charge in [-0.25, -0.2) is 0 Å². The highest BCUT2D eigenvalue weighted by atomic mass is 16.7. The Morgan fingerprint density at radius 1 is 0.550 bits per heavy atom.